The first-order valence-electron chi connectivity index (χ1n) is 6.76. The molecule has 1 N–H and O–H groups in total. The van der Waals surface area contributed by atoms with E-state index in [9.17, 15) is 5.11 Å². The van der Waals surface area contributed by atoms with Crippen molar-refractivity contribution in [2.24, 2.45) is 7.05 Å². The number of nitrogens with zero attached hydrogens (tertiary/aromatic N) is 2. The third-order valence-electron chi connectivity index (χ3n) is 3.78. The number of imidazole rings is 1. The Bertz CT molecular complexity index is 729. The van der Waals surface area contributed by atoms with Crippen molar-refractivity contribution in [3.05, 3.63) is 66.0 Å². The fourth-order valence-electron chi connectivity index (χ4n) is 2.56. The van der Waals surface area contributed by atoms with Crippen LogP contribution in [0.3, 0.4) is 0 Å². The van der Waals surface area contributed by atoms with Crippen LogP contribution < -0.4 is 0 Å². The van der Waals surface area contributed by atoms with Crippen LogP contribution in [-0.2, 0) is 19.1 Å². The largest absolute Gasteiger partial charge is 0.385 e. The fraction of sp³-hybridized carbons (Fsp3) is 0.235. The molecule has 0 aliphatic heterocycles. The van der Waals surface area contributed by atoms with Gasteiger partial charge in [-0.3, -0.25) is 0 Å². The van der Waals surface area contributed by atoms with Crippen molar-refractivity contribution in [3.8, 4) is 0 Å². The number of rotatable bonds is 3. The number of aromatic nitrogens is 2. The molecule has 2 aromatic carbocycles. The summed E-state index contributed by atoms with van der Waals surface area (Å²) in [4.78, 5) is 4.63. The summed E-state index contributed by atoms with van der Waals surface area (Å²) in [7, 11) is 1.99. The molecule has 0 aliphatic carbocycles. The second kappa shape index (κ2) is 4.76. The number of para-hydroxylation sites is 2. The zero-order valence-corrected chi connectivity index (χ0v) is 11.7. The number of aliphatic hydroxyl groups is 1. The summed E-state index contributed by atoms with van der Waals surface area (Å²) in [6.45, 7) is 1.84. The first kappa shape index (κ1) is 12.9. The molecular formula is C17H18N2O. The highest BCUT2D eigenvalue weighted by Crippen LogP contribution is 2.26. The van der Waals surface area contributed by atoms with E-state index in [1.807, 2.05) is 73.1 Å². The average molecular weight is 266 g/mol. The summed E-state index contributed by atoms with van der Waals surface area (Å²) in [6, 6.07) is 17.8. The zero-order valence-electron chi connectivity index (χ0n) is 11.7. The Labute approximate surface area is 118 Å². The van der Waals surface area contributed by atoms with Crippen molar-refractivity contribution in [2.75, 3.05) is 0 Å². The van der Waals surface area contributed by atoms with Gasteiger partial charge in [-0.25, -0.2) is 4.98 Å². The van der Waals surface area contributed by atoms with Gasteiger partial charge in [0, 0.05) is 13.5 Å². The quantitative estimate of drug-likeness (QED) is 0.791. The summed E-state index contributed by atoms with van der Waals surface area (Å²) < 4.78 is 2.05. The Morgan fingerprint density at radius 1 is 1.05 bits per heavy atom. The summed E-state index contributed by atoms with van der Waals surface area (Å²) in [5.41, 5.74) is 2.04. The summed E-state index contributed by atoms with van der Waals surface area (Å²) in [5.74, 6) is 0.889. The highest BCUT2D eigenvalue weighted by molar-refractivity contribution is 5.75. The lowest BCUT2D eigenvalue weighted by Crippen LogP contribution is -2.25. The van der Waals surface area contributed by atoms with E-state index < -0.39 is 5.60 Å². The Morgan fingerprint density at radius 2 is 1.70 bits per heavy atom. The molecule has 102 valence electrons. The van der Waals surface area contributed by atoms with Crippen molar-refractivity contribution >= 4 is 11.0 Å². The summed E-state index contributed by atoms with van der Waals surface area (Å²) in [5, 5.41) is 10.7. The Morgan fingerprint density at radius 3 is 2.40 bits per heavy atom. The third-order valence-corrected chi connectivity index (χ3v) is 3.78. The lowest BCUT2D eigenvalue weighted by atomic mass is 9.92. The van der Waals surface area contributed by atoms with Crippen molar-refractivity contribution in [3.63, 3.8) is 0 Å². The van der Waals surface area contributed by atoms with E-state index in [0.717, 1.165) is 22.4 Å². The zero-order chi connectivity index (χ0) is 14.2. The molecule has 0 amide bonds. The minimum atomic E-state index is -0.920. The standard InChI is InChI=1S/C17H18N2O/c1-17(20,13-8-4-3-5-9-13)12-16-18-14-10-6-7-11-15(14)19(16)2/h3-11,20H,12H2,1-2H3. The second-order valence-corrected chi connectivity index (χ2v) is 5.39. The molecule has 0 saturated carbocycles. The Hall–Kier alpha value is -2.13. The second-order valence-electron chi connectivity index (χ2n) is 5.39. The van der Waals surface area contributed by atoms with Gasteiger partial charge in [-0.05, 0) is 24.6 Å². The van der Waals surface area contributed by atoms with Gasteiger partial charge in [0.05, 0.1) is 16.6 Å². The van der Waals surface area contributed by atoms with Gasteiger partial charge < -0.3 is 9.67 Å². The number of aryl methyl sites for hydroxylation is 1. The predicted octanol–water partition coefficient (Wildman–Crippen LogP) is 3.02. The van der Waals surface area contributed by atoms with Crippen LogP contribution in [0.1, 0.15) is 18.3 Å². The Kier molecular flexibility index (Phi) is 3.07. The van der Waals surface area contributed by atoms with Gasteiger partial charge in [-0.2, -0.15) is 0 Å². The van der Waals surface area contributed by atoms with Gasteiger partial charge in [0.25, 0.3) is 0 Å². The SMILES string of the molecule is Cn1c(CC(C)(O)c2ccccc2)nc2ccccc21. The van der Waals surface area contributed by atoms with Crippen molar-refractivity contribution in [1.82, 2.24) is 9.55 Å². The molecule has 1 unspecified atom stereocenters. The molecule has 0 radical (unpaired) electrons. The molecule has 0 aliphatic rings. The van der Waals surface area contributed by atoms with E-state index >= 15 is 0 Å². The van der Waals surface area contributed by atoms with E-state index in [1.54, 1.807) is 0 Å². The van der Waals surface area contributed by atoms with E-state index in [2.05, 4.69) is 4.98 Å². The van der Waals surface area contributed by atoms with Crippen LogP contribution in [0.15, 0.2) is 54.6 Å². The van der Waals surface area contributed by atoms with Crippen LogP contribution in [0.4, 0.5) is 0 Å². The van der Waals surface area contributed by atoms with Crippen molar-refractivity contribution < 1.29 is 5.11 Å². The summed E-state index contributed by atoms with van der Waals surface area (Å²) in [6.07, 6.45) is 0.488. The van der Waals surface area contributed by atoms with Gasteiger partial charge in [-0.1, -0.05) is 42.5 Å². The maximum atomic E-state index is 10.7. The maximum absolute atomic E-state index is 10.7. The lowest BCUT2D eigenvalue weighted by Gasteiger charge is -2.23. The number of hydrogen-bond donors (Lipinski definition) is 1. The first-order chi connectivity index (χ1) is 9.58. The number of benzene rings is 2. The van der Waals surface area contributed by atoms with Crippen LogP contribution in [0.2, 0.25) is 0 Å². The molecule has 3 rings (SSSR count). The van der Waals surface area contributed by atoms with Crippen LogP contribution in [-0.4, -0.2) is 14.7 Å². The summed E-state index contributed by atoms with van der Waals surface area (Å²) >= 11 is 0. The van der Waals surface area contributed by atoms with E-state index in [1.165, 1.54) is 0 Å². The first-order valence-corrected chi connectivity index (χ1v) is 6.76. The number of fused-ring (bicyclic) bond motifs is 1. The lowest BCUT2D eigenvalue weighted by molar-refractivity contribution is 0.0549. The van der Waals surface area contributed by atoms with Crippen LogP contribution in [0.25, 0.3) is 11.0 Å². The fourth-order valence-corrected chi connectivity index (χ4v) is 2.56. The minimum absolute atomic E-state index is 0.488. The molecule has 1 aromatic heterocycles. The van der Waals surface area contributed by atoms with Crippen LogP contribution in [0.5, 0.6) is 0 Å². The van der Waals surface area contributed by atoms with Gasteiger partial charge in [0.2, 0.25) is 0 Å². The molecule has 0 fully saturated rings. The average Bonchev–Trinajstić information content (AvgIpc) is 2.76. The topological polar surface area (TPSA) is 38.0 Å². The normalized spacial score (nSPS) is 14.3. The van der Waals surface area contributed by atoms with Gasteiger partial charge in [0.1, 0.15) is 5.82 Å². The van der Waals surface area contributed by atoms with Crippen LogP contribution >= 0.6 is 0 Å². The predicted molar refractivity (Wildman–Crippen MR) is 80.4 cm³/mol. The van der Waals surface area contributed by atoms with Gasteiger partial charge in [-0.15, -0.1) is 0 Å². The molecule has 0 saturated heterocycles. The molecule has 0 bridgehead atoms. The highest BCUT2D eigenvalue weighted by Gasteiger charge is 2.25. The highest BCUT2D eigenvalue weighted by atomic mass is 16.3. The molecule has 0 spiro atoms. The van der Waals surface area contributed by atoms with Crippen molar-refractivity contribution in [1.29, 1.82) is 0 Å². The molecular weight excluding hydrogens is 248 g/mol. The molecule has 1 heterocycles. The van der Waals surface area contributed by atoms with E-state index in [0.29, 0.717) is 6.42 Å². The third kappa shape index (κ3) is 2.21. The maximum Gasteiger partial charge on any atom is 0.112 e. The van der Waals surface area contributed by atoms with E-state index in [-0.39, 0.29) is 0 Å². The molecule has 3 heteroatoms. The molecule has 1 atom stereocenters. The smallest absolute Gasteiger partial charge is 0.112 e. The van der Waals surface area contributed by atoms with Crippen LogP contribution in [0, 0.1) is 0 Å². The monoisotopic (exact) mass is 266 g/mol. The molecule has 3 aromatic rings. The number of hydrogen-bond acceptors (Lipinski definition) is 2. The minimum Gasteiger partial charge on any atom is -0.385 e. The van der Waals surface area contributed by atoms with Crippen molar-refractivity contribution in [2.45, 2.75) is 18.9 Å². The van der Waals surface area contributed by atoms with Gasteiger partial charge >= 0.3 is 0 Å². The van der Waals surface area contributed by atoms with Gasteiger partial charge in [0.15, 0.2) is 0 Å². The Balaban J connectivity index is 1.99. The molecule has 20 heavy (non-hydrogen) atoms. The van der Waals surface area contributed by atoms with E-state index in [4.69, 9.17) is 0 Å². The molecule has 3 nitrogen and oxygen atoms in total.